The van der Waals surface area contributed by atoms with Crippen molar-refractivity contribution in [3.63, 3.8) is 0 Å². The van der Waals surface area contributed by atoms with Crippen molar-refractivity contribution in [2.24, 2.45) is 0 Å². The van der Waals surface area contributed by atoms with Crippen LogP contribution in [-0.4, -0.2) is 28.3 Å². The Morgan fingerprint density at radius 2 is 1.91 bits per heavy atom. The van der Waals surface area contributed by atoms with Gasteiger partial charge in [0.25, 0.3) is 0 Å². The number of nitrogens with zero attached hydrogens (tertiary/aromatic N) is 1. The predicted octanol–water partition coefficient (Wildman–Crippen LogP) is 3.38. The summed E-state index contributed by atoms with van der Waals surface area (Å²) in [5.41, 5.74) is 0.579. The lowest BCUT2D eigenvalue weighted by Gasteiger charge is -2.08. The molecule has 1 aromatic carbocycles. The number of unbranched alkanes of at least 4 members (excludes halogenated alkanes) is 3. The van der Waals surface area contributed by atoms with Crippen LogP contribution in [0.1, 0.15) is 59.1 Å². The van der Waals surface area contributed by atoms with Crippen LogP contribution in [0.4, 0.5) is 0 Å². The van der Waals surface area contributed by atoms with Crippen LogP contribution < -0.4 is 0 Å². The van der Waals surface area contributed by atoms with Crippen molar-refractivity contribution in [3.8, 4) is 0 Å². The van der Waals surface area contributed by atoms with Gasteiger partial charge < -0.3 is 9.72 Å². The summed E-state index contributed by atoms with van der Waals surface area (Å²) in [6.07, 6.45) is 7.22. The van der Waals surface area contributed by atoms with Crippen LogP contribution in [0.5, 0.6) is 0 Å². The number of ketones is 1. The van der Waals surface area contributed by atoms with Gasteiger partial charge in [0.05, 0.1) is 12.2 Å². The standard InChI is InChI=1S/C17H20N2O3/c1-2-3-4-7-12-22-17(21)14-9-6-5-8-13(14)15(20)16-18-10-11-19-16/h5-6,8-11H,2-4,7,12H2,1H3,(H,18,19). The lowest BCUT2D eigenvalue weighted by molar-refractivity contribution is 0.0495. The van der Waals surface area contributed by atoms with Crippen molar-refractivity contribution in [2.75, 3.05) is 6.61 Å². The van der Waals surface area contributed by atoms with Crippen LogP contribution in [0.15, 0.2) is 36.7 Å². The summed E-state index contributed by atoms with van der Waals surface area (Å²) in [6, 6.07) is 6.64. The Hall–Kier alpha value is -2.43. The second kappa shape index (κ2) is 8.12. The molecule has 1 heterocycles. The maximum Gasteiger partial charge on any atom is 0.338 e. The molecule has 0 spiro atoms. The number of rotatable bonds is 8. The minimum absolute atomic E-state index is 0.211. The largest absolute Gasteiger partial charge is 0.462 e. The first kappa shape index (κ1) is 15.9. The zero-order valence-electron chi connectivity index (χ0n) is 12.7. The van der Waals surface area contributed by atoms with Crippen molar-refractivity contribution >= 4 is 11.8 Å². The molecule has 0 aliphatic carbocycles. The summed E-state index contributed by atoms with van der Waals surface area (Å²) < 4.78 is 5.26. The fourth-order valence-corrected chi connectivity index (χ4v) is 2.15. The lowest BCUT2D eigenvalue weighted by atomic mass is 10.0. The van der Waals surface area contributed by atoms with E-state index in [-0.39, 0.29) is 17.2 Å². The maximum absolute atomic E-state index is 12.3. The number of benzene rings is 1. The van der Waals surface area contributed by atoms with Gasteiger partial charge in [-0.15, -0.1) is 0 Å². The van der Waals surface area contributed by atoms with E-state index in [9.17, 15) is 9.59 Å². The number of aromatic amines is 1. The minimum atomic E-state index is -0.466. The molecule has 0 saturated carbocycles. The van der Waals surface area contributed by atoms with Crippen LogP contribution in [0.2, 0.25) is 0 Å². The molecule has 0 amide bonds. The number of esters is 1. The molecule has 0 aliphatic rings. The smallest absolute Gasteiger partial charge is 0.338 e. The summed E-state index contributed by atoms with van der Waals surface area (Å²) in [7, 11) is 0. The predicted molar refractivity (Wildman–Crippen MR) is 82.9 cm³/mol. The van der Waals surface area contributed by atoms with Crippen molar-refractivity contribution in [2.45, 2.75) is 32.6 Å². The molecule has 116 valence electrons. The van der Waals surface area contributed by atoms with E-state index >= 15 is 0 Å². The summed E-state index contributed by atoms with van der Waals surface area (Å²) >= 11 is 0. The zero-order valence-corrected chi connectivity index (χ0v) is 12.7. The van der Waals surface area contributed by atoms with Gasteiger partial charge in [0.15, 0.2) is 5.82 Å². The van der Waals surface area contributed by atoms with E-state index in [0.29, 0.717) is 12.2 Å². The van der Waals surface area contributed by atoms with E-state index in [2.05, 4.69) is 16.9 Å². The Morgan fingerprint density at radius 3 is 2.59 bits per heavy atom. The van der Waals surface area contributed by atoms with Crippen LogP contribution in [-0.2, 0) is 4.74 Å². The number of ether oxygens (including phenoxy) is 1. The molecule has 2 rings (SSSR count). The Morgan fingerprint density at radius 1 is 1.14 bits per heavy atom. The molecular formula is C17H20N2O3. The molecule has 0 radical (unpaired) electrons. The fourth-order valence-electron chi connectivity index (χ4n) is 2.15. The molecule has 1 aromatic heterocycles. The molecule has 0 saturated heterocycles. The topological polar surface area (TPSA) is 72.1 Å². The van der Waals surface area contributed by atoms with Gasteiger partial charge in [-0.25, -0.2) is 9.78 Å². The number of hydrogen-bond donors (Lipinski definition) is 1. The Kier molecular flexibility index (Phi) is 5.89. The third-order valence-corrected chi connectivity index (χ3v) is 3.34. The van der Waals surface area contributed by atoms with Gasteiger partial charge >= 0.3 is 5.97 Å². The van der Waals surface area contributed by atoms with Crippen LogP contribution in [0.3, 0.4) is 0 Å². The summed E-state index contributed by atoms with van der Waals surface area (Å²) in [5.74, 6) is -0.571. The Labute approximate surface area is 129 Å². The number of H-pyrrole nitrogens is 1. The molecule has 0 fully saturated rings. The summed E-state index contributed by atoms with van der Waals surface area (Å²) in [5, 5.41) is 0. The van der Waals surface area contributed by atoms with Gasteiger partial charge in [0, 0.05) is 18.0 Å². The normalized spacial score (nSPS) is 10.4. The Bertz CT molecular complexity index is 621. The van der Waals surface area contributed by atoms with Gasteiger partial charge in [-0.05, 0) is 12.5 Å². The summed E-state index contributed by atoms with van der Waals surface area (Å²) in [4.78, 5) is 31.2. The number of nitrogens with one attached hydrogen (secondary N) is 1. The monoisotopic (exact) mass is 300 g/mol. The highest BCUT2D eigenvalue weighted by molar-refractivity contribution is 6.12. The minimum Gasteiger partial charge on any atom is -0.462 e. The number of hydrogen-bond acceptors (Lipinski definition) is 4. The molecule has 0 atom stereocenters. The van der Waals surface area contributed by atoms with Gasteiger partial charge in [-0.1, -0.05) is 44.4 Å². The van der Waals surface area contributed by atoms with E-state index < -0.39 is 5.97 Å². The molecule has 0 bridgehead atoms. The van der Waals surface area contributed by atoms with E-state index in [1.807, 2.05) is 0 Å². The van der Waals surface area contributed by atoms with Gasteiger partial charge in [-0.3, -0.25) is 4.79 Å². The highest BCUT2D eigenvalue weighted by Gasteiger charge is 2.20. The Balaban J connectivity index is 2.05. The molecule has 2 aromatic rings. The van der Waals surface area contributed by atoms with Crippen LogP contribution >= 0.6 is 0 Å². The molecule has 0 unspecified atom stereocenters. The van der Waals surface area contributed by atoms with Crippen molar-refractivity contribution in [1.82, 2.24) is 9.97 Å². The van der Waals surface area contributed by atoms with E-state index in [1.165, 1.54) is 6.20 Å². The highest BCUT2D eigenvalue weighted by Crippen LogP contribution is 2.14. The van der Waals surface area contributed by atoms with Crippen LogP contribution in [0, 0.1) is 0 Å². The molecular weight excluding hydrogens is 280 g/mol. The maximum atomic E-state index is 12.3. The number of aromatic nitrogens is 2. The average molecular weight is 300 g/mol. The quantitative estimate of drug-likeness (QED) is 0.461. The summed E-state index contributed by atoms with van der Waals surface area (Å²) in [6.45, 7) is 2.50. The number of carbonyl (C=O) groups excluding carboxylic acids is 2. The lowest BCUT2D eigenvalue weighted by Crippen LogP contribution is -2.14. The first-order chi connectivity index (χ1) is 10.7. The van der Waals surface area contributed by atoms with Crippen molar-refractivity contribution < 1.29 is 14.3 Å². The molecule has 0 aliphatic heterocycles. The number of carbonyl (C=O) groups is 2. The first-order valence-electron chi connectivity index (χ1n) is 7.54. The van der Waals surface area contributed by atoms with Crippen LogP contribution in [0.25, 0.3) is 0 Å². The molecule has 5 nitrogen and oxygen atoms in total. The first-order valence-corrected chi connectivity index (χ1v) is 7.54. The molecule has 5 heteroatoms. The average Bonchev–Trinajstić information content (AvgIpc) is 3.08. The fraction of sp³-hybridized carbons (Fsp3) is 0.353. The van der Waals surface area contributed by atoms with Gasteiger partial charge in [-0.2, -0.15) is 0 Å². The SMILES string of the molecule is CCCCCCOC(=O)c1ccccc1C(=O)c1ncc[nH]1. The zero-order chi connectivity index (χ0) is 15.8. The van der Waals surface area contributed by atoms with E-state index in [0.717, 1.165) is 25.7 Å². The highest BCUT2D eigenvalue weighted by atomic mass is 16.5. The van der Waals surface area contributed by atoms with E-state index in [4.69, 9.17) is 4.74 Å². The second-order valence-electron chi connectivity index (χ2n) is 5.01. The number of imidazole rings is 1. The molecule has 1 N–H and O–H groups in total. The van der Waals surface area contributed by atoms with Gasteiger partial charge in [0.2, 0.25) is 5.78 Å². The van der Waals surface area contributed by atoms with Crippen molar-refractivity contribution in [3.05, 3.63) is 53.6 Å². The second-order valence-corrected chi connectivity index (χ2v) is 5.01. The third-order valence-electron chi connectivity index (χ3n) is 3.34. The third kappa shape index (κ3) is 4.04. The molecule has 22 heavy (non-hydrogen) atoms. The van der Waals surface area contributed by atoms with Crippen molar-refractivity contribution in [1.29, 1.82) is 0 Å². The van der Waals surface area contributed by atoms with Gasteiger partial charge in [0.1, 0.15) is 0 Å². The van der Waals surface area contributed by atoms with E-state index in [1.54, 1.807) is 30.5 Å².